The van der Waals surface area contributed by atoms with Gasteiger partial charge in [0.25, 0.3) is 0 Å². The van der Waals surface area contributed by atoms with Gasteiger partial charge in [-0.1, -0.05) is 12.1 Å². The van der Waals surface area contributed by atoms with Crippen molar-refractivity contribution in [3.63, 3.8) is 0 Å². The average Bonchev–Trinajstić information content (AvgIpc) is 3.02. The minimum absolute atomic E-state index is 0.100. The van der Waals surface area contributed by atoms with Crippen molar-refractivity contribution in [3.8, 4) is 5.75 Å². The third-order valence-electron chi connectivity index (χ3n) is 4.96. The van der Waals surface area contributed by atoms with Crippen LogP contribution in [0.25, 0.3) is 0 Å². The predicted octanol–water partition coefficient (Wildman–Crippen LogP) is 1.21. The molecule has 2 fully saturated rings. The molecule has 2 aliphatic rings. The number of carbonyl (C=O) groups is 2. The number of likely N-dealkylation sites (tertiary alicyclic amines) is 1. The molecule has 1 atom stereocenters. The summed E-state index contributed by atoms with van der Waals surface area (Å²) in [7, 11) is 1.68. The van der Waals surface area contributed by atoms with Crippen LogP contribution in [0.4, 0.5) is 5.69 Å². The summed E-state index contributed by atoms with van der Waals surface area (Å²) in [5.41, 5.74) is 1.07. The Hall–Kier alpha value is -2.24. The second-order valence-electron chi connectivity index (χ2n) is 6.32. The van der Waals surface area contributed by atoms with Gasteiger partial charge in [0.1, 0.15) is 5.75 Å². The number of carbonyl (C=O) groups excluding carboxylic acids is 2. The molecule has 3 rings (SSSR count). The van der Waals surface area contributed by atoms with Gasteiger partial charge < -0.3 is 19.4 Å². The zero-order valence-corrected chi connectivity index (χ0v) is 14.4. The fraction of sp³-hybridized carbons (Fsp3) is 0.556. The minimum Gasteiger partial charge on any atom is -0.495 e. The molecule has 0 radical (unpaired) electrons. The van der Waals surface area contributed by atoms with Gasteiger partial charge in [0.15, 0.2) is 0 Å². The van der Waals surface area contributed by atoms with E-state index in [0.717, 1.165) is 24.5 Å². The highest BCUT2D eigenvalue weighted by atomic mass is 16.5. The number of hydrogen-bond donors (Lipinski definition) is 0. The van der Waals surface area contributed by atoms with E-state index >= 15 is 0 Å². The van der Waals surface area contributed by atoms with E-state index in [1.54, 1.807) is 12.0 Å². The van der Waals surface area contributed by atoms with Gasteiger partial charge in [0.05, 0.1) is 18.7 Å². The monoisotopic (exact) mass is 331 g/mol. The van der Waals surface area contributed by atoms with E-state index in [0.29, 0.717) is 32.6 Å². The van der Waals surface area contributed by atoms with Crippen LogP contribution in [0.15, 0.2) is 24.3 Å². The lowest BCUT2D eigenvalue weighted by Gasteiger charge is -2.37. The number of anilines is 1. The second-order valence-corrected chi connectivity index (χ2v) is 6.32. The standard InChI is InChI=1S/C18H25N3O3/c1-3-19-13-14(12-17(19)22)18(23)21-10-8-20(9-11-21)15-6-4-5-7-16(15)24-2/h4-7,14H,3,8-13H2,1-2H3/t14-/m0/s1. The molecule has 0 saturated carbocycles. The summed E-state index contributed by atoms with van der Waals surface area (Å²) in [6.45, 7) is 6.15. The van der Waals surface area contributed by atoms with Crippen molar-refractivity contribution in [2.45, 2.75) is 13.3 Å². The third-order valence-corrected chi connectivity index (χ3v) is 4.96. The normalized spacial score (nSPS) is 21.3. The number of ether oxygens (including phenoxy) is 1. The molecule has 0 N–H and O–H groups in total. The largest absolute Gasteiger partial charge is 0.495 e. The van der Waals surface area contributed by atoms with Gasteiger partial charge >= 0.3 is 0 Å². The summed E-state index contributed by atoms with van der Waals surface area (Å²) in [4.78, 5) is 30.4. The Morgan fingerprint density at radius 3 is 2.54 bits per heavy atom. The van der Waals surface area contributed by atoms with Crippen molar-refractivity contribution in [1.29, 1.82) is 0 Å². The highest BCUT2D eigenvalue weighted by molar-refractivity contribution is 5.89. The maximum Gasteiger partial charge on any atom is 0.228 e. The Bertz CT molecular complexity index is 611. The number of rotatable bonds is 4. The molecule has 6 heteroatoms. The number of benzene rings is 1. The van der Waals surface area contributed by atoms with Gasteiger partial charge in [0, 0.05) is 45.7 Å². The van der Waals surface area contributed by atoms with E-state index in [9.17, 15) is 9.59 Å². The van der Waals surface area contributed by atoms with E-state index in [1.807, 2.05) is 36.1 Å². The Morgan fingerprint density at radius 2 is 1.92 bits per heavy atom. The molecule has 0 aromatic heterocycles. The number of methoxy groups -OCH3 is 1. The smallest absolute Gasteiger partial charge is 0.228 e. The number of piperazine rings is 1. The molecular weight excluding hydrogens is 306 g/mol. The molecular formula is C18H25N3O3. The van der Waals surface area contributed by atoms with Crippen LogP contribution in [-0.4, -0.2) is 68.0 Å². The van der Waals surface area contributed by atoms with Crippen molar-refractivity contribution < 1.29 is 14.3 Å². The van der Waals surface area contributed by atoms with Gasteiger partial charge in [-0.2, -0.15) is 0 Å². The Balaban J connectivity index is 1.59. The van der Waals surface area contributed by atoms with Gasteiger partial charge in [-0.05, 0) is 19.1 Å². The maximum atomic E-state index is 12.7. The lowest BCUT2D eigenvalue weighted by molar-refractivity contribution is -0.136. The van der Waals surface area contributed by atoms with Gasteiger partial charge in [-0.3, -0.25) is 9.59 Å². The highest BCUT2D eigenvalue weighted by Gasteiger charge is 2.36. The molecule has 0 spiro atoms. The molecule has 0 bridgehead atoms. The van der Waals surface area contributed by atoms with Crippen LogP contribution in [0.2, 0.25) is 0 Å². The first-order valence-corrected chi connectivity index (χ1v) is 8.58. The van der Waals surface area contributed by atoms with E-state index in [1.165, 1.54) is 0 Å². The molecule has 1 aromatic carbocycles. The molecule has 2 saturated heterocycles. The minimum atomic E-state index is -0.171. The first-order chi connectivity index (χ1) is 11.6. The highest BCUT2D eigenvalue weighted by Crippen LogP contribution is 2.29. The fourth-order valence-corrected chi connectivity index (χ4v) is 3.56. The van der Waals surface area contributed by atoms with Crippen LogP contribution < -0.4 is 9.64 Å². The Kier molecular flexibility index (Phi) is 4.92. The Labute approximate surface area is 143 Å². The van der Waals surface area contributed by atoms with Crippen molar-refractivity contribution in [3.05, 3.63) is 24.3 Å². The lowest BCUT2D eigenvalue weighted by Crippen LogP contribution is -2.50. The van der Waals surface area contributed by atoms with Crippen LogP contribution >= 0.6 is 0 Å². The molecule has 24 heavy (non-hydrogen) atoms. The first kappa shape index (κ1) is 16.6. The van der Waals surface area contributed by atoms with Crippen molar-refractivity contribution in [2.75, 3.05) is 51.3 Å². The molecule has 0 aliphatic carbocycles. The molecule has 1 aromatic rings. The summed E-state index contributed by atoms with van der Waals surface area (Å²) in [6.07, 6.45) is 0.361. The maximum absolute atomic E-state index is 12.7. The molecule has 2 aliphatic heterocycles. The van der Waals surface area contributed by atoms with Crippen LogP contribution in [0.3, 0.4) is 0 Å². The van der Waals surface area contributed by atoms with Gasteiger partial charge in [-0.15, -0.1) is 0 Å². The molecule has 2 amide bonds. The number of para-hydroxylation sites is 2. The second kappa shape index (κ2) is 7.11. The third kappa shape index (κ3) is 3.18. The summed E-state index contributed by atoms with van der Waals surface area (Å²) < 4.78 is 5.42. The number of hydrogen-bond acceptors (Lipinski definition) is 4. The topological polar surface area (TPSA) is 53.1 Å². The molecule has 0 unspecified atom stereocenters. The first-order valence-electron chi connectivity index (χ1n) is 8.58. The average molecular weight is 331 g/mol. The van der Waals surface area contributed by atoms with Gasteiger partial charge in [0.2, 0.25) is 11.8 Å². The summed E-state index contributed by atoms with van der Waals surface area (Å²) in [6, 6.07) is 7.96. The quantitative estimate of drug-likeness (QED) is 0.832. The van der Waals surface area contributed by atoms with E-state index in [2.05, 4.69) is 4.90 Å². The molecule has 2 heterocycles. The summed E-state index contributed by atoms with van der Waals surface area (Å²) >= 11 is 0. The van der Waals surface area contributed by atoms with Crippen molar-refractivity contribution in [1.82, 2.24) is 9.80 Å². The number of amides is 2. The molecule has 6 nitrogen and oxygen atoms in total. The summed E-state index contributed by atoms with van der Waals surface area (Å²) in [5, 5.41) is 0. The van der Waals surface area contributed by atoms with E-state index in [-0.39, 0.29) is 17.7 Å². The fourth-order valence-electron chi connectivity index (χ4n) is 3.56. The van der Waals surface area contributed by atoms with E-state index < -0.39 is 0 Å². The van der Waals surface area contributed by atoms with Crippen molar-refractivity contribution >= 4 is 17.5 Å². The summed E-state index contributed by atoms with van der Waals surface area (Å²) in [5.74, 6) is 0.912. The predicted molar refractivity (Wildman–Crippen MR) is 92.1 cm³/mol. The van der Waals surface area contributed by atoms with E-state index in [4.69, 9.17) is 4.74 Å². The van der Waals surface area contributed by atoms with Gasteiger partial charge in [-0.25, -0.2) is 0 Å². The van der Waals surface area contributed by atoms with Crippen LogP contribution in [-0.2, 0) is 9.59 Å². The van der Waals surface area contributed by atoms with Crippen LogP contribution in [0, 0.1) is 5.92 Å². The molecule has 130 valence electrons. The Morgan fingerprint density at radius 1 is 1.21 bits per heavy atom. The lowest BCUT2D eigenvalue weighted by atomic mass is 10.1. The zero-order chi connectivity index (χ0) is 17.1. The van der Waals surface area contributed by atoms with Crippen LogP contribution in [0.1, 0.15) is 13.3 Å². The SMILES string of the molecule is CCN1C[C@@H](C(=O)N2CCN(c3ccccc3OC)CC2)CC1=O. The van der Waals surface area contributed by atoms with Crippen molar-refractivity contribution in [2.24, 2.45) is 5.92 Å². The zero-order valence-electron chi connectivity index (χ0n) is 14.4. The number of nitrogens with zero attached hydrogens (tertiary/aromatic N) is 3. The van der Waals surface area contributed by atoms with Crippen LogP contribution in [0.5, 0.6) is 5.75 Å².